The normalized spacial score (nSPS) is 14.5. The molecule has 1 saturated heterocycles. The van der Waals surface area contributed by atoms with Crippen molar-refractivity contribution in [1.82, 2.24) is 4.90 Å². The predicted octanol–water partition coefficient (Wildman–Crippen LogP) is 5.22. The van der Waals surface area contributed by atoms with Crippen LogP contribution in [0.2, 0.25) is 0 Å². The first-order valence-electron chi connectivity index (χ1n) is 11.4. The van der Waals surface area contributed by atoms with Gasteiger partial charge in [0.05, 0.1) is 12.0 Å². The summed E-state index contributed by atoms with van der Waals surface area (Å²) in [5.41, 5.74) is 3.71. The molecule has 0 aliphatic carbocycles. The number of aryl methyl sites for hydroxylation is 1. The standard InChI is InChI=1S/C27H29N3O4/c1-20-6-10-23(11-7-20)29(27(31)22-8-12-26(34-2)13-9-22)24-14-16-28(17-15-24)19-21-4-3-5-25(18-21)30(32)33/h3-13,18,24H,14-17,19H2,1-2H3. The zero-order chi connectivity index (χ0) is 24.1. The minimum atomic E-state index is -0.361. The van der Waals surface area contributed by atoms with Crippen LogP contribution in [0.1, 0.15) is 34.3 Å². The van der Waals surface area contributed by atoms with Gasteiger partial charge in [0.25, 0.3) is 11.6 Å². The van der Waals surface area contributed by atoms with Crippen molar-refractivity contribution < 1.29 is 14.5 Å². The molecule has 0 N–H and O–H groups in total. The van der Waals surface area contributed by atoms with Crippen LogP contribution in [0.4, 0.5) is 11.4 Å². The van der Waals surface area contributed by atoms with Crippen molar-refractivity contribution in [1.29, 1.82) is 0 Å². The number of methoxy groups -OCH3 is 1. The maximum absolute atomic E-state index is 13.6. The predicted molar refractivity (Wildman–Crippen MR) is 132 cm³/mol. The minimum Gasteiger partial charge on any atom is -0.497 e. The number of hydrogen-bond donors (Lipinski definition) is 0. The summed E-state index contributed by atoms with van der Waals surface area (Å²) in [5.74, 6) is 0.691. The number of ether oxygens (including phenoxy) is 1. The second kappa shape index (κ2) is 10.5. The van der Waals surface area contributed by atoms with Crippen LogP contribution in [0.3, 0.4) is 0 Å². The monoisotopic (exact) mass is 459 g/mol. The Kier molecular flexibility index (Phi) is 7.23. The quantitative estimate of drug-likeness (QED) is 0.358. The summed E-state index contributed by atoms with van der Waals surface area (Å²) in [4.78, 5) is 28.5. The topological polar surface area (TPSA) is 75.9 Å². The molecule has 0 saturated carbocycles. The number of amides is 1. The molecule has 1 heterocycles. The van der Waals surface area contributed by atoms with Crippen molar-refractivity contribution in [3.63, 3.8) is 0 Å². The fraction of sp³-hybridized carbons (Fsp3) is 0.296. The third-order valence-corrected chi connectivity index (χ3v) is 6.32. The molecule has 0 spiro atoms. The highest BCUT2D eigenvalue weighted by Crippen LogP contribution is 2.28. The third-order valence-electron chi connectivity index (χ3n) is 6.32. The Labute approximate surface area is 199 Å². The van der Waals surface area contributed by atoms with Gasteiger partial charge in [-0.25, -0.2) is 0 Å². The van der Waals surface area contributed by atoms with Gasteiger partial charge in [0.15, 0.2) is 0 Å². The van der Waals surface area contributed by atoms with Gasteiger partial charge < -0.3 is 9.64 Å². The number of benzene rings is 3. The summed E-state index contributed by atoms with van der Waals surface area (Å²) in [5, 5.41) is 11.1. The molecule has 34 heavy (non-hydrogen) atoms. The van der Waals surface area contributed by atoms with Gasteiger partial charge in [0, 0.05) is 49.1 Å². The van der Waals surface area contributed by atoms with Crippen LogP contribution in [0, 0.1) is 17.0 Å². The van der Waals surface area contributed by atoms with Gasteiger partial charge in [-0.1, -0.05) is 29.8 Å². The molecule has 7 heteroatoms. The van der Waals surface area contributed by atoms with Crippen LogP contribution in [0.25, 0.3) is 0 Å². The largest absolute Gasteiger partial charge is 0.497 e. The lowest BCUT2D eigenvalue weighted by Crippen LogP contribution is -2.47. The Balaban J connectivity index is 1.50. The molecule has 1 fully saturated rings. The Bertz CT molecular complexity index is 1140. The number of anilines is 1. The van der Waals surface area contributed by atoms with Gasteiger partial charge in [-0.2, -0.15) is 0 Å². The molecular weight excluding hydrogens is 430 g/mol. The summed E-state index contributed by atoms with van der Waals surface area (Å²) in [6, 6.07) is 22.2. The first kappa shape index (κ1) is 23.4. The molecule has 3 aromatic carbocycles. The summed E-state index contributed by atoms with van der Waals surface area (Å²) in [6.45, 7) is 4.31. The van der Waals surface area contributed by atoms with E-state index in [9.17, 15) is 14.9 Å². The number of nitro benzene ring substituents is 1. The van der Waals surface area contributed by atoms with Crippen LogP contribution >= 0.6 is 0 Å². The second-order valence-electron chi connectivity index (χ2n) is 8.67. The second-order valence-corrected chi connectivity index (χ2v) is 8.67. The zero-order valence-electron chi connectivity index (χ0n) is 19.5. The Morgan fingerprint density at radius 3 is 2.35 bits per heavy atom. The van der Waals surface area contributed by atoms with Crippen LogP contribution < -0.4 is 9.64 Å². The lowest BCUT2D eigenvalue weighted by molar-refractivity contribution is -0.384. The molecule has 0 radical (unpaired) electrons. The van der Waals surface area contributed by atoms with Gasteiger partial charge in [0.2, 0.25) is 0 Å². The lowest BCUT2D eigenvalue weighted by Gasteiger charge is -2.38. The lowest BCUT2D eigenvalue weighted by atomic mass is 9.99. The van der Waals surface area contributed by atoms with Crippen molar-refractivity contribution in [2.75, 3.05) is 25.1 Å². The third kappa shape index (κ3) is 5.43. The zero-order valence-corrected chi connectivity index (χ0v) is 19.5. The van der Waals surface area contributed by atoms with E-state index in [2.05, 4.69) is 4.90 Å². The Hall–Kier alpha value is -3.71. The number of hydrogen-bond acceptors (Lipinski definition) is 5. The van der Waals surface area contributed by atoms with Crippen molar-refractivity contribution in [2.45, 2.75) is 32.4 Å². The molecule has 1 aliphatic rings. The summed E-state index contributed by atoms with van der Waals surface area (Å²) in [6.07, 6.45) is 1.65. The van der Waals surface area contributed by atoms with Gasteiger partial charge in [-0.15, -0.1) is 0 Å². The van der Waals surface area contributed by atoms with E-state index >= 15 is 0 Å². The average molecular weight is 460 g/mol. The molecule has 0 atom stereocenters. The Morgan fingerprint density at radius 1 is 1.06 bits per heavy atom. The van der Waals surface area contributed by atoms with E-state index in [1.54, 1.807) is 31.4 Å². The maximum atomic E-state index is 13.6. The highest BCUT2D eigenvalue weighted by atomic mass is 16.6. The summed E-state index contributed by atoms with van der Waals surface area (Å²) >= 11 is 0. The molecule has 3 aromatic rings. The first-order valence-corrected chi connectivity index (χ1v) is 11.4. The van der Waals surface area contributed by atoms with Gasteiger partial charge in [-0.3, -0.25) is 19.8 Å². The molecule has 176 valence electrons. The molecule has 0 aromatic heterocycles. The van der Waals surface area contributed by atoms with Crippen LogP contribution in [-0.2, 0) is 6.54 Å². The number of carbonyl (C=O) groups excluding carboxylic acids is 1. The smallest absolute Gasteiger partial charge is 0.269 e. The molecule has 0 bridgehead atoms. The molecule has 0 unspecified atom stereocenters. The maximum Gasteiger partial charge on any atom is 0.269 e. The highest BCUT2D eigenvalue weighted by Gasteiger charge is 2.30. The van der Waals surface area contributed by atoms with Gasteiger partial charge in [0.1, 0.15) is 5.75 Å². The van der Waals surface area contributed by atoms with Crippen LogP contribution in [0.15, 0.2) is 72.8 Å². The van der Waals surface area contributed by atoms with Crippen molar-refractivity contribution in [3.05, 3.63) is 99.6 Å². The van der Waals surface area contributed by atoms with Crippen molar-refractivity contribution >= 4 is 17.3 Å². The molecule has 4 rings (SSSR count). The summed E-state index contributed by atoms with van der Waals surface area (Å²) < 4.78 is 5.24. The Morgan fingerprint density at radius 2 is 1.74 bits per heavy atom. The van der Waals surface area contributed by atoms with E-state index in [0.29, 0.717) is 17.9 Å². The van der Waals surface area contributed by atoms with E-state index in [1.165, 1.54) is 6.07 Å². The van der Waals surface area contributed by atoms with E-state index < -0.39 is 0 Å². The van der Waals surface area contributed by atoms with E-state index in [4.69, 9.17) is 4.74 Å². The van der Waals surface area contributed by atoms with E-state index in [1.807, 2.05) is 54.3 Å². The van der Waals surface area contributed by atoms with E-state index in [-0.39, 0.29) is 22.6 Å². The highest BCUT2D eigenvalue weighted by molar-refractivity contribution is 6.06. The number of nitrogens with zero attached hydrogens (tertiary/aromatic N) is 3. The first-order chi connectivity index (χ1) is 16.4. The fourth-order valence-corrected chi connectivity index (χ4v) is 4.43. The number of likely N-dealkylation sites (tertiary alicyclic amines) is 1. The fourth-order valence-electron chi connectivity index (χ4n) is 4.43. The molecule has 1 aliphatic heterocycles. The van der Waals surface area contributed by atoms with Crippen molar-refractivity contribution in [2.24, 2.45) is 0 Å². The molecule has 7 nitrogen and oxygen atoms in total. The number of piperidine rings is 1. The molecule has 1 amide bonds. The summed E-state index contributed by atoms with van der Waals surface area (Å²) in [7, 11) is 1.61. The van der Waals surface area contributed by atoms with Crippen LogP contribution in [0.5, 0.6) is 5.75 Å². The van der Waals surface area contributed by atoms with Crippen molar-refractivity contribution in [3.8, 4) is 5.75 Å². The molecular formula is C27H29N3O4. The number of non-ortho nitro benzene ring substituents is 1. The minimum absolute atomic E-state index is 0.0244. The van der Waals surface area contributed by atoms with E-state index in [0.717, 1.165) is 42.7 Å². The van der Waals surface area contributed by atoms with Gasteiger partial charge >= 0.3 is 0 Å². The number of rotatable bonds is 7. The van der Waals surface area contributed by atoms with Crippen LogP contribution in [-0.4, -0.2) is 42.0 Å². The SMILES string of the molecule is COc1ccc(C(=O)N(c2ccc(C)cc2)C2CCN(Cc3cccc([N+](=O)[O-])c3)CC2)cc1. The number of nitro groups is 1. The van der Waals surface area contributed by atoms with Gasteiger partial charge in [-0.05, 0) is 61.7 Å². The average Bonchev–Trinajstić information content (AvgIpc) is 2.86. The number of carbonyl (C=O) groups is 1.